The quantitative estimate of drug-likeness (QED) is 0.650. The van der Waals surface area contributed by atoms with Crippen LogP contribution in [0.5, 0.6) is 0 Å². The molecule has 0 aliphatic carbocycles. The molecule has 0 radical (unpaired) electrons. The van der Waals surface area contributed by atoms with Crippen molar-refractivity contribution in [3.8, 4) is 0 Å². The molecule has 0 N–H and O–H groups in total. The van der Waals surface area contributed by atoms with E-state index in [0.717, 1.165) is 0 Å². The SMILES string of the molecule is CC1(C)COCCN1S(=O)(=O)CCl. The van der Waals surface area contributed by atoms with Crippen molar-refractivity contribution in [2.45, 2.75) is 19.4 Å². The van der Waals surface area contributed by atoms with Crippen molar-refractivity contribution in [2.24, 2.45) is 0 Å². The minimum Gasteiger partial charge on any atom is -0.378 e. The summed E-state index contributed by atoms with van der Waals surface area (Å²) in [5.41, 5.74) is -0.480. The third kappa shape index (κ3) is 2.34. The van der Waals surface area contributed by atoms with Crippen molar-refractivity contribution in [3.63, 3.8) is 0 Å². The minimum atomic E-state index is -3.31. The Kier molecular flexibility index (Phi) is 3.22. The van der Waals surface area contributed by atoms with Gasteiger partial charge >= 0.3 is 0 Å². The molecular weight excluding hydrogens is 214 g/mol. The highest BCUT2D eigenvalue weighted by molar-refractivity contribution is 7.90. The highest BCUT2D eigenvalue weighted by atomic mass is 35.5. The van der Waals surface area contributed by atoms with Crippen molar-refractivity contribution in [1.29, 1.82) is 0 Å². The van der Waals surface area contributed by atoms with Gasteiger partial charge in [-0.15, -0.1) is 11.6 Å². The summed E-state index contributed by atoms with van der Waals surface area (Å²) in [5, 5.41) is -0.365. The van der Waals surface area contributed by atoms with Gasteiger partial charge in [-0.2, -0.15) is 4.31 Å². The molecule has 0 unspecified atom stereocenters. The third-order valence-electron chi connectivity index (χ3n) is 2.04. The van der Waals surface area contributed by atoms with Gasteiger partial charge in [-0.1, -0.05) is 0 Å². The Bertz CT molecular complexity index is 275. The molecule has 1 saturated heterocycles. The first kappa shape index (κ1) is 11.2. The zero-order valence-electron chi connectivity index (χ0n) is 7.79. The number of hydrogen-bond acceptors (Lipinski definition) is 3. The van der Waals surface area contributed by atoms with Crippen molar-refractivity contribution in [2.75, 3.05) is 25.0 Å². The fourth-order valence-electron chi connectivity index (χ4n) is 1.42. The van der Waals surface area contributed by atoms with Crippen LogP contribution in [0.25, 0.3) is 0 Å². The monoisotopic (exact) mass is 227 g/mol. The highest BCUT2D eigenvalue weighted by Gasteiger charge is 2.38. The Morgan fingerprint density at radius 2 is 2.15 bits per heavy atom. The summed E-state index contributed by atoms with van der Waals surface area (Å²) in [5.74, 6) is 0. The lowest BCUT2D eigenvalue weighted by Crippen LogP contribution is -2.55. The highest BCUT2D eigenvalue weighted by Crippen LogP contribution is 2.23. The van der Waals surface area contributed by atoms with Gasteiger partial charge < -0.3 is 4.74 Å². The predicted octanol–water partition coefficient (Wildman–Crippen LogP) is 0.623. The first-order valence-corrected chi connectivity index (χ1v) is 6.19. The van der Waals surface area contributed by atoms with E-state index in [4.69, 9.17) is 16.3 Å². The fraction of sp³-hybridized carbons (Fsp3) is 1.00. The van der Waals surface area contributed by atoms with Gasteiger partial charge in [-0.3, -0.25) is 0 Å². The fourth-order valence-corrected chi connectivity index (χ4v) is 3.05. The summed E-state index contributed by atoms with van der Waals surface area (Å²) in [6.07, 6.45) is 0. The second-order valence-corrected chi connectivity index (χ2v) is 6.14. The Hall–Kier alpha value is 0.160. The topological polar surface area (TPSA) is 46.6 Å². The number of alkyl halides is 1. The Morgan fingerprint density at radius 3 is 2.62 bits per heavy atom. The van der Waals surface area contributed by atoms with E-state index in [-0.39, 0.29) is 5.21 Å². The summed E-state index contributed by atoms with van der Waals surface area (Å²) in [6.45, 7) is 4.91. The molecule has 78 valence electrons. The number of ether oxygens (including phenoxy) is 1. The van der Waals surface area contributed by atoms with Gasteiger partial charge in [0.1, 0.15) is 5.21 Å². The number of rotatable bonds is 2. The number of nitrogens with zero attached hydrogens (tertiary/aromatic N) is 1. The van der Waals surface area contributed by atoms with E-state index in [1.165, 1.54) is 4.31 Å². The van der Waals surface area contributed by atoms with E-state index >= 15 is 0 Å². The summed E-state index contributed by atoms with van der Waals surface area (Å²) in [7, 11) is -3.31. The van der Waals surface area contributed by atoms with Gasteiger partial charge in [0.05, 0.1) is 18.8 Å². The molecule has 4 nitrogen and oxygen atoms in total. The molecule has 0 atom stereocenters. The molecule has 13 heavy (non-hydrogen) atoms. The molecule has 1 aliphatic rings. The van der Waals surface area contributed by atoms with Gasteiger partial charge in [-0.05, 0) is 13.8 Å². The number of halogens is 1. The summed E-state index contributed by atoms with van der Waals surface area (Å²) in [6, 6.07) is 0. The lowest BCUT2D eigenvalue weighted by atomic mass is 10.1. The van der Waals surface area contributed by atoms with Crippen LogP contribution in [0.1, 0.15) is 13.8 Å². The largest absolute Gasteiger partial charge is 0.378 e. The van der Waals surface area contributed by atoms with Crippen LogP contribution in [0.3, 0.4) is 0 Å². The van der Waals surface area contributed by atoms with Gasteiger partial charge in [0.15, 0.2) is 0 Å². The van der Waals surface area contributed by atoms with Gasteiger partial charge in [0.25, 0.3) is 0 Å². The Balaban J connectivity index is 2.89. The average Bonchev–Trinajstić information content (AvgIpc) is 2.03. The zero-order valence-corrected chi connectivity index (χ0v) is 9.36. The normalized spacial score (nSPS) is 24.5. The Labute approximate surface area is 83.9 Å². The molecule has 1 heterocycles. The minimum absolute atomic E-state index is 0.365. The number of morpholine rings is 1. The molecule has 6 heteroatoms. The van der Waals surface area contributed by atoms with E-state index < -0.39 is 15.6 Å². The molecule has 0 bridgehead atoms. The lowest BCUT2D eigenvalue weighted by Gasteiger charge is -2.40. The first-order valence-electron chi connectivity index (χ1n) is 4.04. The van der Waals surface area contributed by atoms with E-state index in [0.29, 0.717) is 19.8 Å². The predicted molar refractivity (Wildman–Crippen MR) is 51.2 cm³/mol. The van der Waals surface area contributed by atoms with Crippen LogP contribution in [0.4, 0.5) is 0 Å². The average molecular weight is 228 g/mol. The van der Waals surface area contributed by atoms with Crippen LogP contribution in [-0.4, -0.2) is 43.2 Å². The van der Waals surface area contributed by atoms with Crippen LogP contribution in [0.2, 0.25) is 0 Å². The molecule has 1 aliphatic heterocycles. The standard InChI is InChI=1S/C7H14ClNO3S/c1-7(2)5-12-4-3-9(7)13(10,11)6-8/h3-6H2,1-2H3. The van der Waals surface area contributed by atoms with Crippen LogP contribution in [0.15, 0.2) is 0 Å². The van der Waals surface area contributed by atoms with Crippen molar-refractivity contribution >= 4 is 21.6 Å². The van der Waals surface area contributed by atoms with E-state index in [9.17, 15) is 8.42 Å². The van der Waals surface area contributed by atoms with Gasteiger partial charge in [0.2, 0.25) is 10.0 Å². The van der Waals surface area contributed by atoms with Crippen LogP contribution in [0, 0.1) is 0 Å². The van der Waals surface area contributed by atoms with Gasteiger partial charge in [-0.25, -0.2) is 8.42 Å². The number of sulfonamides is 1. The third-order valence-corrected chi connectivity index (χ3v) is 4.49. The van der Waals surface area contributed by atoms with Gasteiger partial charge in [0, 0.05) is 6.54 Å². The summed E-state index contributed by atoms with van der Waals surface area (Å²) < 4.78 is 29.6. The maximum absolute atomic E-state index is 11.5. The number of hydrogen-bond donors (Lipinski definition) is 0. The lowest BCUT2D eigenvalue weighted by molar-refractivity contribution is -0.00746. The van der Waals surface area contributed by atoms with Crippen molar-refractivity contribution in [1.82, 2.24) is 4.31 Å². The van der Waals surface area contributed by atoms with Crippen LogP contribution >= 0.6 is 11.6 Å². The maximum atomic E-state index is 11.5. The van der Waals surface area contributed by atoms with E-state index in [1.54, 1.807) is 0 Å². The molecule has 0 aromatic rings. The summed E-state index contributed by atoms with van der Waals surface area (Å²) in [4.78, 5) is 0. The van der Waals surface area contributed by atoms with Crippen LogP contribution < -0.4 is 0 Å². The Morgan fingerprint density at radius 1 is 1.54 bits per heavy atom. The molecule has 0 aromatic heterocycles. The maximum Gasteiger partial charge on any atom is 0.228 e. The van der Waals surface area contributed by atoms with Crippen molar-refractivity contribution in [3.05, 3.63) is 0 Å². The molecule has 0 spiro atoms. The molecule has 0 amide bonds. The molecule has 1 rings (SSSR count). The molecular formula is C7H14ClNO3S. The molecule has 0 saturated carbocycles. The van der Waals surface area contributed by atoms with Crippen LogP contribution in [-0.2, 0) is 14.8 Å². The second-order valence-electron chi connectivity index (χ2n) is 3.66. The smallest absolute Gasteiger partial charge is 0.228 e. The molecule has 0 aromatic carbocycles. The summed E-state index contributed by atoms with van der Waals surface area (Å²) >= 11 is 5.38. The van der Waals surface area contributed by atoms with Crippen molar-refractivity contribution < 1.29 is 13.2 Å². The van der Waals surface area contributed by atoms with E-state index in [1.807, 2.05) is 13.8 Å². The second kappa shape index (κ2) is 3.73. The zero-order chi connectivity index (χ0) is 10.1. The first-order chi connectivity index (χ1) is 5.90. The molecule has 1 fully saturated rings. The van der Waals surface area contributed by atoms with E-state index in [2.05, 4.69) is 0 Å².